The number of hydrogen-bond acceptors (Lipinski definition) is 4. The minimum atomic E-state index is -0.207. The van der Waals surface area contributed by atoms with Gasteiger partial charge in [0.15, 0.2) is 0 Å². The van der Waals surface area contributed by atoms with Crippen molar-refractivity contribution in [2.75, 3.05) is 43.5 Å². The summed E-state index contributed by atoms with van der Waals surface area (Å²) in [5.41, 5.74) is 2.90. The summed E-state index contributed by atoms with van der Waals surface area (Å²) in [7, 11) is 1.62. The van der Waals surface area contributed by atoms with E-state index in [1.54, 1.807) is 12.0 Å². The van der Waals surface area contributed by atoms with E-state index in [0.717, 1.165) is 35.8 Å². The van der Waals surface area contributed by atoms with Crippen molar-refractivity contribution in [1.82, 2.24) is 4.90 Å². The van der Waals surface area contributed by atoms with Crippen LogP contribution in [0.2, 0.25) is 0 Å². The van der Waals surface area contributed by atoms with E-state index < -0.39 is 0 Å². The number of amides is 2. The molecule has 0 aromatic heterocycles. The number of ether oxygens (including phenoxy) is 1. The van der Waals surface area contributed by atoms with Crippen LogP contribution in [0.3, 0.4) is 0 Å². The number of rotatable bonds is 10. The monoisotopic (exact) mass is 397 g/mol. The SMILES string of the molecule is CCN(CC)c1ccc(NC(=O)CN(CCc2cccc(OC)c2)C(C)=O)cc1. The van der Waals surface area contributed by atoms with E-state index in [-0.39, 0.29) is 18.4 Å². The second kappa shape index (κ2) is 11.1. The zero-order valence-electron chi connectivity index (χ0n) is 17.8. The van der Waals surface area contributed by atoms with Gasteiger partial charge in [-0.05, 0) is 62.2 Å². The smallest absolute Gasteiger partial charge is 0.243 e. The Kier molecular flexibility index (Phi) is 8.52. The molecule has 2 amide bonds. The third-order valence-electron chi connectivity index (χ3n) is 4.86. The molecule has 0 aliphatic rings. The molecule has 0 saturated heterocycles. The second-order valence-electron chi connectivity index (χ2n) is 6.81. The van der Waals surface area contributed by atoms with Crippen LogP contribution in [0.15, 0.2) is 48.5 Å². The van der Waals surface area contributed by atoms with Crippen LogP contribution < -0.4 is 15.0 Å². The maximum Gasteiger partial charge on any atom is 0.243 e. The highest BCUT2D eigenvalue weighted by molar-refractivity contribution is 5.94. The molecule has 0 radical (unpaired) electrons. The highest BCUT2D eigenvalue weighted by Crippen LogP contribution is 2.18. The zero-order chi connectivity index (χ0) is 21.2. The van der Waals surface area contributed by atoms with E-state index in [1.165, 1.54) is 6.92 Å². The minimum absolute atomic E-state index is 0.0249. The van der Waals surface area contributed by atoms with Gasteiger partial charge < -0.3 is 19.9 Å². The Hall–Kier alpha value is -3.02. The molecular formula is C23H31N3O3. The van der Waals surface area contributed by atoms with Gasteiger partial charge in [-0.25, -0.2) is 0 Å². The number of carbonyl (C=O) groups excluding carboxylic acids is 2. The van der Waals surface area contributed by atoms with Gasteiger partial charge in [0.2, 0.25) is 11.8 Å². The molecule has 156 valence electrons. The zero-order valence-corrected chi connectivity index (χ0v) is 17.8. The first-order valence-corrected chi connectivity index (χ1v) is 10.00. The van der Waals surface area contributed by atoms with Crippen LogP contribution in [0.25, 0.3) is 0 Å². The lowest BCUT2D eigenvalue weighted by Gasteiger charge is -2.22. The Labute approximate surface area is 173 Å². The predicted octanol–water partition coefficient (Wildman–Crippen LogP) is 3.57. The normalized spacial score (nSPS) is 10.3. The minimum Gasteiger partial charge on any atom is -0.497 e. The van der Waals surface area contributed by atoms with Crippen molar-refractivity contribution in [1.29, 1.82) is 0 Å². The molecule has 2 aromatic rings. The van der Waals surface area contributed by atoms with Gasteiger partial charge in [-0.15, -0.1) is 0 Å². The Morgan fingerprint density at radius 1 is 1.03 bits per heavy atom. The fourth-order valence-electron chi connectivity index (χ4n) is 3.16. The second-order valence-corrected chi connectivity index (χ2v) is 6.81. The van der Waals surface area contributed by atoms with E-state index in [4.69, 9.17) is 4.74 Å². The van der Waals surface area contributed by atoms with Crippen LogP contribution in [-0.4, -0.2) is 50.0 Å². The summed E-state index contributed by atoms with van der Waals surface area (Å²) in [6.45, 7) is 8.07. The largest absolute Gasteiger partial charge is 0.497 e. The lowest BCUT2D eigenvalue weighted by Crippen LogP contribution is -2.38. The number of anilines is 2. The third kappa shape index (κ3) is 6.82. The van der Waals surface area contributed by atoms with Gasteiger partial charge in [-0.1, -0.05) is 12.1 Å². The first kappa shape index (κ1) is 22.3. The molecule has 1 N–H and O–H groups in total. The molecule has 0 heterocycles. The lowest BCUT2D eigenvalue weighted by atomic mass is 10.1. The molecule has 0 unspecified atom stereocenters. The van der Waals surface area contributed by atoms with Gasteiger partial charge in [0.25, 0.3) is 0 Å². The molecule has 0 spiro atoms. The molecule has 29 heavy (non-hydrogen) atoms. The van der Waals surface area contributed by atoms with Crippen molar-refractivity contribution < 1.29 is 14.3 Å². The summed E-state index contributed by atoms with van der Waals surface area (Å²) >= 11 is 0. The fourth-order valence-corrected chi connectivity index (χ4v) is 3.16. The molecule has 6 nitrogen and oxygen atoms in total. The molecule has 0 atom stereocenters. The fraction of sp³-hybridized carbons (Fsp3) is 0.391. The van der Waals surface area contributed by atoms with Crippen LogP contribution in [0, 0.1) is 0 Å². The maximum absolute atomic E-state index is 12.4. The Balaban J connectivity index is 1.92. The summed E-state index contributed by atoms with van der Waals surface area (Å²) in [5, 5.41) is 2.87. The summed E-state index contributed by atoms with van der Waals surface area (Å²) in [5.74, 6) is 0.448. The van der Waals surface area contributed by atoms with E-state index >= 15 is 0 Å². The number of carbonyl (C=O) groups is 2. The average molecular weight is 398 g/mol. The van der Waals surface area contributed by atoms with Gasteiger partial charge in [0.1, 0.15) is 5.75 Å². The molecule has 6 heteroatoms. The number of nitrogens with one attached hydrogen (secondary N) is 1. The number of hydrogen-bond donors (Lipinski definition) is 1. The van der Waals surface area contributed by atoms with Crippen LogP contribution in [0.1, 0.15) is 26.3 Å². The van der Waals surface area contributed by atoms with Crippen LogP contribution in [-0.2, 0) is 16.0 Å². The first-order valence-electron chi connectivity index (χ1n) is 10.00. The molecule has 2 rings (SSSR count). The molecule has 2 aromatic carbocycles. The van der Waals surface area contributed by atoms with Crippen molar-refractivity contribution in [2.45, 2.75) is 27.2 Å². The van der Waals surface area contributed by atoms with Gasteiger partial charge in [-0.3, -0.25) is 9.59 Å². The van der Waals surface area contributed by atoms with E-state index in [1.807, 2.05) is 48.5 Å². The summed E-state index contributed by atoms with van der Waals surface area (Å²) in [6, 6.07) is 15.5. The highest BCUT2D eigenvalue weighted by Gasteiger charge is 2.14. The topological polar surface area (TPSA) is 61.9 Å². The molecule has 0 saturated carbocycles. The standard InChI is InChI=1S/C23H31N3O3/c1-5-25(6-2)21-12-10-20(11-13-21)24-23(28)17-26(18(3)27)15-14-19-8-7-9-22(16-19)29-4/h7-13,16H,5-6,14-15,17H2,1-4H3,(H,24,28). The molecule has 0 fully saturated rings. The lowest BCUT2D eigenvalue weighted by molar-refractivity contribution is -0.132. The van der Waals surface area contributed by atoms with Crippen molar-refractivity contribution in [3.63, 3.8) is 0 Å². The maximum atomic E-state index is 12.4. The quantitative estimate of drug-likeness (QED) is 0.666. The van der Waals surface area contributed by atoms with Crippen LogP contribution >= 0.6 is 0 Å². The third-order valence-corrected chi connectivity index (χ3v) is 4.86. The molecule has 0 aliphatic heterocycles. The van der Waals surface area contributed by atoms with Gasteiger partial charge in [0.05, 0.1) is 13.7 Å². The molecule has 0 bridgehead atoms. The Morgan fingerprint density at radius 3 is 2.31 bits per heavy atom. The highest BCUT2D eigenvalue weighted by atomic mass is 16.5. The average Bonchev–Trinajstić information content (AvgIpc) is 2.73. The van der Waals surface area contributed by atoms with Gasteiger partial charge >= 0.3 is 0 Å². The number of methoxy groups -OCH3 is 1. The molecular weight excluding hydrogens is 366 g/mol. The van der Waals surface area contributed by atoms with Crippen molar-refractivity contribution in [3.8, 4) is 5.75 Å². The first-order chi connectivity index (χ1) is 14.0. The van der Waals surface area contributed by atoms with Gasteiger partial charge in [-0.2, -0.15) is 0 Å². The van der Waals surface area contributed by atoms with Crippen molar-refractivity contribution in [2.24, 2.45) is 0 Å². The van der Waals surface area contributed by atoms with Crippen molar-refractivity contribution in [3.05, 3.63) is 54.1 Å². The Bertz CT molecular complexity index is 801. The summed E-state index contributed by atoms with van der Waals surface area (Å²) < 4.78 is 5.23. The summed E-state index contributed by atoms with van der Waals surface area (Å²) in [6.07, 6.45) is 0.655. The van der Waals surface area contributed by atoms with Crippen LogP contribution in [0.5, 0.6) is 5.75 Å². The number of nitrogens with zero attached hydrogens (tertiary/aromatic N) is 2. The predicted molar refractivity (Wildman–Crippen MR) is 118 cm³/mol. The van der Waals surface area contributed by atoms with E-state index in [2.05, 4.69) is 24.1 Å². The van der Waals surface area contributed by atoms with Crippen LogP contribution in [0.4, 0.5) is 11.4 Å². The Morgan fingerprint density at radius 2 is 1.72 bits per heavy atom. The van der Waals surface area contributed by atoms with Crippen molar-refractivity contribution >= 4 is 23.2 Å². The van der Waals surface area contributed by atoms with Gasteiger partial charge in [0, 0.05) is 37.9 Å². The summed E-state index contributed by atoms with van der Waals surface area (Å²) in [4.78, 5) is 28.2. The number of benzene rings is 2. The van der Waals surface area contributed by atoms with E-state index in [9.17, 15) is 9.59 Å². The molecule has 0 aliphatic carbocycles. The van der Waals surface area contributed by atoms with E-state index in [0.29, 0.717) is 13.0 Å².